The molecule has 0 amide bonds. The van der Waals surface area contributed by atoms with Crippen LogP contribution in [0.25, 0.3) is 10.9 Å². The number of thiocarbonyl (C=S) groups is 1. The van der Waals surface area contributed by atoms with Gasteiger partial charge in [-0.25, -0.2) is 4.98 Å². The first kappa shape index (κ1) is 24.7. The molecule has 0 radical (unpaired) electrons. The van der Waals surface area contributed by atoms with Crippen molar-refractivity contribution in [3.05, 3.63) is 52.5 Å². The number of fused-ring (bicyclic) bond motifs is 1. The standard InChI is InChI=1S/C26H33BrN6S/c1-16(2)17-9-14-23(21(27)15-17)31-26(34)29-19-12-10-18(11-13-19)28-25-30-22-8-6-5-7-20(22)24(32-25)33(3)4/h5-9,14-16,18-19H,10-13H2,1-4H3,(H,28,30,32)(H2,29,31,34)/t18-,19+. The fourth-order valence-electron chi connectivity index (χ4n) is 4.37. The Hall–Kier alpha value is -2.45. The van der Waals surface area contributed by atoms with E-state index in [1.54, 1.807) is 0 Å². The van der Waals surface area contributed by atoms with E-state index in [2.05, 4.69) is 70.0 Å². The lowest BCUT2D eigenvalue weighted by molar-refractivity contribution is 0.387. The molecule has 0 aliphatic heterocycles. The van der Waals surface area contributed by atoms with E-state index in [9.17, 15) is 0 Å². The topological polar surface area (TPSA) is 65.1 Å². The molecule has 8 heteroatoms. The molecule has 34 heavy (non-hydrogen) atoms. The van der Waals surface area contributed by atoms with Gasteiger partial charge in [-0.1, -0.05) is 32.0 Å². The van der Waals surface area contributed by atoms with E-state index < -0.39 is 0 Å². The van der Waals surface area contributed by atoms with Crippen LogP contribution in [0, 0.1) is 0 Å². The van der Waals surface area contributed by atoms with Crippen LogP contribution in [-0.2, 0) is 0 Å². The van der Waals surface area contributed by atoms with Crippen molar-refractivity contribution in [1.29, 1.82) is 0 Å². The largest absolute Gasteiger partial charge is 0.362 e. The van der Waals surface area contributed by atoms with Crippen molar-refractivity contribution in [1.82, 2.24) is 15.3 Å². The minimum Gasteiger partial charge on any atom is -0.362 e. The maximum Gasteiger partial charge on any atom is 0.225 e. The number of para-hydroxylation sites is 1. The van der Waals surface area contributed by atoms with Gasteiger partial charge in [0.2, 0.25) is 5.95 Å². The van der Waals surface area contributed by atoms with Crippen molar-refractivity contribution in [3.63, 3.8) is 0 Å². The normalized spacial score (nSPS) is 18.1. The van der Waals surface area contributed by atoms with Gasteiger partial charge in [-0.3, -0.25) is 0 Å². The summed E-state index contributed by atoms with van der Waals surface area (Å²) in [6, 6.07) is 15.3. The molecule has 1 aromatic heterocycles. The minimum atomic E-state index is 0.355. The number of nitrogens with one attached hydrogen (secondary N) is 3. The molecule has 0 spiro atoms. The Balaban J connectivity index is 1.31. The Kier molecular flexibility index (Phi) is 7.88. The van der Waals surface area contributed by atoms with Gasteiger partial charge >= 0.3 is 0 Å². The second-order valence-corrected chi connectivity index (χ2v) is 10.7. The molecular formula is C26H33BrN6S. The molecule has 0 bridgehead atoms. The van der Waals surface area contributed by atoms with Crippen LogP contribution in [0.1, 0.15) is 51.0 Å². The average molecular weight is 542 g/mol. The first-order chi connectivity index (χ1) is 16.3. The Bertz CT molecular complexity index is 1160. The van der Waals surface area contributed by atoms with E-state index >= 15 is 0 Å². The molecule has 6 nitrogen and oxygen atoms in total. The molecule has 1 saturated carbocycles. The molecule has 3 N–H and O–H groups in total. The smallest absolute Gasteiger partial charge is 0.225 e. The Morgan fingerprint density at radius 1 is 1.03 bits per heavy atom. The van der Waals surface area contributed by atoms with E-state index in [1.807, 2.05) is 37.2 Å². The fraction of sp³-hybridized carbons (Fsp3) is 0.423. The van der Waals surface area contributed by atoms with Crippen molar-refractivity contribution in [2.45, 2.75) is 57.5 Å². The molecule has 2 aromatic carbocycles. The zero-order valence-electron chi connectivity index (χ0n) is 20.2. The zero-order valence-corrected chi connectivity index (χ0v) is 22.6. The molecule has 0 unspecified atom stereocenters. The predicted octanol–water partition coefficient (Wildman–Crippen LogP) is 6.29. The van der Waals surface area contributed by atoms with Gasteiger partial charge < -0.3 is 20.9 Å². The molecule has 4 rings (SSSR count). The van der Waals surface area contributed by atoms with E-state index in [0.717, 1.165) is 52.6 Å². The molecule has 1 heterocycles. The lowest BCUT2D eigenvalue weighted by Crippen LogP contribution is -2.42. The van der Waals surface area contributed by atoms with Crippen LogP contribution < -0.4 is 20.9 Å². The average Bonchev–Trinajstić information content (AvgIpc) is 2.81. The summed E-state index contributed by atoms with van der Waals surface area (Å²) >= 11 is 9.26. The van der Waals surface area contributed by atoms with Gasteiger partial charge in [-0.05, 0) is 89.6 Å². The highest BCUT2D eigenvalue weighted by atomic mass is 79.9. The van der Waals surface area contributed by atoms with Gasteiger partial charge in [-0.15, -0.1) is 0 Å². The van der Waals surface area contributed by atoms with E-state index in [4.69, 9.17) is 22.2 Å². The van der Waals surface area contributed by atoms with Gasteiger partial charge in [0.15, 0.2) is 5.11 Å². The molecule has 1 fully saturated rings. The summed E-state index contributed by atoms with van der Waals surface area (Å²) in [7, 11) is 4.03. The van der Waals surface area contributed by atoms with Crippen molar-refractivity contribution < 1.29 is 0 Å². The van der Waals surface area contributed by atoms with Gasteiger partial charge in [0.05, 0.1) is 11.2 Å². The third kappa shape index (κ3) is 5.96. The molecule has 1 aliphatic carbocycles. The van der Waals surface area contributed by atoms with Crippen molar-refractivity contribution in [3.8, 4) is 0 Å². The fourth-order valence-corrected chi connectivity index (χ4v) is 5.14. The number of nitrogens with zero attached hydrogens (tertiary/aromatic N) is 3. The Morgan fingerprint density at radius 2 is 1.74 bits per heavy atom. The quantitative estimate of drug-likeness (QED) is 0.317. The third-order valence-corrected chi connectivity index (χ3v) is 7.19. The van der Waals surface area contributed by atoms with Crippen LogP contribution in [0.15, 0.2) is 46.9 Å². The minimum absolute atomic E-state index is 0.355. The summed E-state index contributed by atoms with van der Waals surface area (Å²) in [6.45, 7) is 4.39. The highest BCUT2D eigenvalue weighted by Crippen LogP contribution is 2.28. The van der Waals surface area contributed by atoms with E-state index in [0.29, 0.717) is 29.1 Å². The summed E-state index contributed by atoms with van der Waals surface area (Å²) in [6.07, 6.45) is 4.17. The summed E-state index contributed by atoms with van der Waals surface area (Å²) < 4.78 is 1.03. The van der Waals surface area contributed by atoms with Crippen LogP contribution >= 0.6 is 28.1 Å². The number of hydrogen-bond donors (Lipinski definition) is 3. The molecule has 180 valence electrons. The number of hydrogen-bond acceptors (Lipinski definition) is 5. The Morgan fingerprint density at radius 3 is 2.41 bits per heavy atom. The SMILES string of the molecule is CC(C)c1ccc(NC(=S)N[C@H]2CC[C@@H](Nc3nc(N(C)C)c4ccccc4n3)CC2)c(Br)c1. The van der Waals surface area contributed by atoms with Crippen molar-refractivity contribution in [2.75, 3.05) is 29.6 Å². The third-order valence-electron chi connectivity index (χ3n) is 6.31. The second kappa shape index (κ2) is 10.9. The molecule has 1 aliphatic rings. The van der Waals surface area contributed by atoms with Crippen LogP contribution in [0.3, 0.4) is 0 Å². The monoisotopic (exact) mass is 540 g/mol. The second-order valence-electron chi connectivity index (χ2n) is 9.47. The lowest BCUT2D eigenvalue weighted by Gasteiger charge is -2.30. The maximum absolute atomic E-state index is 5.60. The van der Waals surface area contributed by atoms with Gasteiger partial charge in [0, 0.05) is 36.0 Å². The molecule has 0 saturated heterocycles. The van der Waals surface area contributed by atoms with Gasteiger partial charge in [0.25, 0.3) is 0 Å². The summed E-state index contributed by atoms with van der Waals surface area (Å²) in [4.78, 5) is 11.6. The van der Waals surface area contributed by atoms with E-state index in [-0.39, 0.29) is 0 Å². The van der Waals surface area contributed by atoms with Crippen molar-refractivity contribution >= 4 is 61.6 Å². The number of aromatic nitrogens is 2. The number of benzene rings is 2. The lowest BCUT2D eigenvalue weighted by atomic mass is 9.91. The zero-order chi connectivity index (χ0) is 24.2. The number of anilines is 3. The Labute approximate surface area is 216 Å². The predicted molar refractivity (Wildman–Crippen MR) is 151 cm³/mol. The van der Waals surface area contributed by atoms with Crippen LogP contribution in [0.4, 0.5) is 17.5 Å². The number of rotatable bonds is 6. The highest BCUT2D eigenvalue weighted by Gasteiger charge is 2.23. The summed E-state index contributed by atoms with van der Waals surface area (Å²) in [5.41, 5.74) is 3.25. The van der Waals surface area contributed by atoms with Crippen molar-refractivity contribution in [2.24, 2.45) is 0 Å². The van der Waals surface area contributed by atoms with Crippen LogP contribution in [0.5, 0.6) is 0 Å². The maximum atomic E-state index is 5.60. The number of halogens is 1. The summed E-state index contributed by atoms with van der Waals surface area (Å²) in [5.74, 6) is 2.13. The molecular weight excluding hydrogens is 508 g/mol. The first-order valence-electron chi connectivity index (χ1n) is 11.9. The van der Waals surface area contributed by atoms with Gasteiger partial charge in [0.1, 0.15) is 5.82 Å². The van der Waals surface area contributed by atoms with Crippen LogP contribution in [0.2, 0.25) is 0 Å². The summed E-state index contributed by atoms with van der Waals surface area (Å²) in [5, 5.41) is 12.1. The van der Waals surface area contributed by atoms with E-state index in [1.165, 1.54) is 5.56 Å². The molecule has 0 atom stereocenters. The molecule has 3 aromatic rings. The first-order valence-corrected chi connectivity index (χ1v) is 13.1. The van der Waals surface area contributed by atoms with Gasteiger partial charge in [-0.2, -0.15) is 4.98 Å². The van der Waals surface area contributed by atoms with Crippen LogP contribution in [-0.4, -0.2) is 41.3 Å². The highest BCUT2D eigenvalue weighted by molar-refractivity contribution is 9.10.